The summed E-state index contributed by atoms with van der Waals surface area (Å²) in [6, 6.07) is 10.9. The molecule has 6 nitrogen and oxygen atoms in total. The predicted octanol–water partition coefficient (Wildman–Crippen LogP) is 3.90. The van der Waals surface area contributed by atoms with Crippen molar-refractivity contribution in [2.75, 3.05) is 25.1 Å². The van der Waals surface area contributed by atoms with Crippen molar-refractivity contribution >= 4 is 27.3 Å². The summed E-state index contributed by atoms with van der Waals surface area (Å²) in [7, 11) is -2.22. The second-order valence-corrected chi connectivity index (χ2v) is 8.67. The first-order valence-corrected chi connectivity index (χ1v) is 10.8. The van der Waals surface area contributed by atoms with E-state index in [2.05, 4.69) is 14.4 Å². The molecule has 10 heteroatoms. The van der Waals surface area contributed by atoms with Crippen LogP contribution in [0, 0.1) is 0 Å². The number of hydrogen-bond donors (Lipinski definition) is 1. The molecule has 29 heavy (non-hydrogen) atoms. The molecule has 0 amide bonds. The monoisotopic (exact) mass is 446 g/mol. The first-order chi connectivity index (χ1) is 13.8. The van der Waals surface area contributed by atoms with Crippen LogP contribution in [-0.2, 0) is 10.0 Å². The summed E-state index contributed by atoms with van der Waals surface area (Å²) < 4.78 is 61.9. The summed E-state index contributed by atoms with van der Waals surface area (Å²) >= 11 is 5.86. The largest absolute Gasteiger partial charge is 0.497 e. The lowest BCUT2D eigenvalue weighted by atomic mass is 10.1. The molecule has 1 N–H and O–H groups in total. The summed E-state index contributed by atoms with van der Waals surface area (Å²) in [4.78, 5) is 2.08. The van der Waals surface area contributed by atoms with E-state index in [4.69, 9.17) is 16.3 Å². The summed E-state index contributed by atoms with van der Waals surface area (Å²) in [6.45, 7) is -1.65. The van der Waals surface area contributed by atoms with E-state index in [0.717, 1.165) is 23.6 Å². The highest BCUT2D eigenvalue weighted by Crippen LogP contribution is 2.29. The van der Waals surface area contributed by atoms with Gasteiger partial charge in [0.15, 0.2) is 0 Å². The number of benzene rings is 2. The van der Waals surface area contributed by atoms with E-state index in [1.54, 1.807) is 7.11 Å². The van der Waals surface area contributed by atoms with E-state index in [-0.39, 0.29) is 21.7 Å². The Hall–Kier alpha value is -2.10. The van der Waals surface area contributed by atoms with Gasteiger partial charge in [0.05, 0.1) is 17.0 Å². The molecular weight excluding hydrogens is 426 g/mol. The van der Waals surface area contributed by atoms with Gasteiger partial charge < -0.3 is 14.4 Å². The summed E-state index contributed by atoms with van der Waals surface area (Å²) in [6.07, 6.45) is 1.26. The fourth-order valence-electron chi connectivity index (χ4n) is 3.18. The maximum absolute atomic E-state index is 12.6. The van der Waals surface area contributed by atoms with Crippen molar-refractivity contribution in [1.82, 2.24) is 4.72 Å². The Morgan fingerprint density at radius 3 is 2.34 bits per heavy atom. The fraction of sp³-hybridized carbons (Fsp3) is 0.368. The molecule has 1 aliphatic heterocycles. The van der Waals surface area contributed by atoms with Crippen LogP contribution in [0.3, 0.4) is 0 Å². The van der Waals surface area contributed by atoms with Gasteiger partial charge in [-0.1, -0.05) is 11.6 Å². The maximum Gasteiger partial charge on any atom is 0.387 e. The Bertz CT molecular complexity index is 934. The number of hydrogen-bond acceptors (Lipinski definition) is 5. The number of sulfonamides is 1. The molecule has 2 aromatic carbocycles. The minimum absolute atomic E-state index is 0.0956. The zero-order valence-electron chi connectivity index (χ0n) is 15.6. The Balaban J connectivity index is 1.61. The lowest BCUT2D eigenvalue weighted by molar-refractivity contribution is -0.0498. The van der Waals surface area contributed by atoms with E-state index in [0.29, 0.717) is 25.9 Å². The number of nitrogens with zero attached hydrogens (tertiary/aromatic N) is 1. The van der Waals surface area contributed by atoms with Crippen molar-refractivity contribution in [3.63, 3.8) is 0 Å². The quantitative estimate of drug-likeness (QED) is 0.698. The first kappa shape index (κ1) is 21.6. The SMILES string of the molecule is COc1ccc(N2CCC(NS(=O)(=O)c3ccc(OC(F)F)c(Cl)c3)CC2)cc1. The number of piperidine rings is 1. The molecule has 1 fully saturated rings. The highest BCUT2D eigenvalue weighted by atomic mass is 35.5. The molecule has 0 bridgehead atoms. The Kier molecular flexibility index (Phi) is 6.81. The Morgan fingerprint density at radius 1 is 1.14 bits per heavy atom. The van der Waals surface area contributed by atoms with Crippen LogP contribution >= 0.6 is 11.6 Å². The van der Waals surface area contributed by atoms with Crippen LogP contribution in [-0.4, -0.2) is 41.3 Å². The molecule has 1 saturated heterocycles. The second kappa shape index (κ2) is 9.15. The van der Waals surface area contributed by atoms with Gasteiger partial charge in [-0.25, -0.2) is 13.1 Å². The van der Waals surface area contributed by atoms with Gasteiger partial charge in [-0.05, 0) is 55.3 Å². The second-order valence-electron chi connectivity index (χ2n) is 6.55. The fourth-order valence-corrected chi connectivity index (χ4v) is 4.80. The average molecular weight is 447 g/mol. The van der Waals surface area contributed by atoms with Crippen molar-refractivity contribution in [2.24, 2.45) is 0 Å². The third-order valence-corrected chi connectivity index (χ3v) is 6.50. The molecular formula is C19H21ClF2N2O4S. The molecule has 0 radical (unpaired) electrons. The van der Waals surface area contributed by atoms with Crippen molar-refractivity contribution in [1.29, 1.82) is 0 Å². The number of methoxy groups -OCH3 is 1. The van der Waals surface area contributed by atoms with Gasteiger partial charge in [0.2, 0.25) is 10.0 Å². The highest BCUT2D eigenvalue weighted by Gasteiger charge is 2.25. The number of ether oxygens (including phenoxy) is 2. The molecule has 1 aliphatic rings. The van der Waals surface area contributed by atoms with E-state index in [9.17, 15) is 17.2 Å². The number of anilines is 1. The molecule has 0 saturated carbocycles. The number of alkyl halides is 2. The van der Waals surface area contributed by atoms with Gasteiger partial charge in [0, 0.05) is 24.8 Å². The van der Waals surface area contributed by atoms with Gasteiger partial charge in [0.25, 0.3) is 0 Å². The zero-order chi connectivity index (χ0) is 21.0. The van der Waals surface area contributed by atoms with Crippen LogP contribution in [0.4, 0.5) is 14.5 Å². The molecule has 1 heterocycles. The minimum atomic E-state index is -3.83. The van der Waals surface area contributed by atoms with Gasteiger partial charge in [0.1, 0.15) is 11.5 Å². The zero-order valence-corrected chi connectivity index (χ0v) is 17.2. The van der Waals surface area contributed by atoms with Crippen LogP contribution in [0.5, 0.6) is 11.5 Å². The van der Waals surface area contributed by atoms with E-state index in [1.807, 2.05) is 24.3 Å². The lowest BCUT2D eigenvalue weighted by Gasteiger charge is -2.33. The molecule has 0 unspecified atom stereocenters. The topological polar surface area (TPSA) is 67.9 Å². The normalized spacial score (nSPS) is 15.6. The predicted molar refractivity (Wildman–Crippen MR) is 107 cm³/mol. The molecule has 0 atom stereocenters. The van der Waals surface area contributed by atoms with E-state index in [1.165, 1.54) is 6.07 Å². The van der Waals surface area contributed by atoms with Gasteiger partial charge in [-0.15, -0.1) is 0 Å². The molecule has 0 aromatic heterocycles. The van der Waals surface area contributed by atoms with Crippen LogP contribution in [0.1, 0.15) is 12.8 Å². The van der Waals surface area contributed by atoms with Crippen LogP contribution in [0.15, 0.2) is 47.4 Å². The van der Waals surface area contributed by atoms with Crippen molar-refractivity contribution < 1.29 is 26.7 Å². The third kappa shape index (κ3) is 5.49. The maximum atomic E-state index is 12.6. The first-order valence-electron chi connectivity index (χ1n) is 8.94. The van der Waals surface area contributed by atoms with Crippen LogP contribution < -0.4 is 19.1 Å². The summed E-state index contributed by atoms with van der Waals surface area (Å²) in [5, 5.41) is -0.192. The standard InChI is InChI=1S/C19H21ClF2N2O4S/c1-27-15-4-2-14(3-5-15)24-10-8-13(9-11-24)23-29(25,26)16-6-7-18(17(20)12-16)28-19(21)22/h2-7,12-13,19,23H,8-11H2,1H3. The van der Waals surface area contributed by atoms with Crippen LogP contribution in [0.2, 0.25) is 5.02 Å². The smallest absolute Gasteiger partial charge is 0.387 e. The Labute approximate surface area is 173 Å². The van der Waals surface area contributed by atoms with Gasteiger partial charge >= 0.3 is 6.61 Å². The number of halogens is 3. The molecule has 0 spiro atoms. The average Bonchev–Trinajstić information content (AvgIpc) is 2.69. The van der Waals surface area contributed by atoms with Gasteiger partial charge in [-0.3, -0.25) is 0 Å². The lowest BCUT2D eigenvalue weighted by Crippen LogP contribution is -2.44. The number of nitrogens with one attached hydrogen (secondary N) is 1. The summed E-state index contributed by atoms with van der Waals surface area (Å²) in [5.41, 5.74) is 1.05. The minimum Gasteiger partial charge on any atom is -0.497 e. The van der Waals surface area contributed by atoms with Crippen LogP contribution in [0.25, 0.3) is 0 Å². The third-order valence-electron chi connectivity index (χ3n) is 4.68. The molecule has 0 aliphatic carbocycles. The highest BCUT2D eigenvalue weighted by molar-refractivity contribution is 7.89. The molecule has 2 aromatic rings. The van der Waals surface area contributed by atoms with Gasteiger partial charge in [-0.2, -0.15) is 8.78 Å². The van der Waals surface area contributed by atoms with Crippen molar-refractivity contribution in [3.05, 3.63) is 47.5 Å². The van der Waals surface area contributed by atoms with Crippen molar-refractivity contribution in [3.8, 4) is 11.5 Å². The molecule has 158 valence electrons. The van der Waals surface area contributed by atoms with Crippen molar-refractivity contribution in [2.45, 2.75) is 30.4 Å². The summed E-state index contributed by atoms with van der Waals surface area (Å²) in [5.74, 6) is 0.508. The molecule has 3 rings (SSSR count). The van der Waals surface area contributed by atoms with E-state index >= 15 is 0 Å². The number of rotatable bonds is 7. The van der Waals surface area contributed by atoms with E-state index < -0.39 is 16.6 Å². The Morgan fingerprint density at radius 2 is 1.79 bits per heavy atom.